The zero-order valence-corrected chi connectivity index (χ0v) is 12.1. The van der Waals surface area contributed by atoms with Crippen LogP contribution >= 0.6 is 0 Å². The normalized spacial score (nSPS) is 18.6. The molecule has 1 aliphatic rings. The molecule has 1 aromatic heterocycles. The van der Waals surface area contributed by atoms with Crippen molar-refractivity contribution < 1.29 is 4.79 Å². The van der Waals surface area contributed by atoms with Gasteiger partial charge in [-0.3, -0.25) is 9.78 Å². The minimum Gasteiger partial charge on any atom is -0.325 e. The molecule has 0 radical (unpaired) electrons. The Bertz CT molecular complexity index is 615. The zero-order valence-electron chi connectivity index (χ0n) is 12.1. The molecule has 1 unspecified atom stereocenters. The maximum Gasteiger partial charge on any atom is 0.224 e. The van der Waals surface area contributed by atoms with Gasteiger partial charge in [0.15, 0.2) is 0 Å². The number of carbonyl (C=O) groups excluding carboxylic acids is 1. The highest BCUT2D eigenvalue weighted by Gasteiger charge is 2.14. The molecule has 1 fully saturated rings. The maximum absolute atomic E-state index is 12.1. The van der Waals surface area contributed by atoms with E-state index in [0.29, 0.717) is 12.5 Å². The van der Waals surface area contributed by atoms with Crippen molar-refractivity contribution in [2.45, 2.75) is 38.1 Å². The van der Waals surface area contributed by atoms with Crippen LogP contribution in [0.1, 0.15) is 32.1 Å². The number of nitrogens with one attached hydrogen (secondary N) is 2. The molecular formula is C17H21N3O. The fraction of sp³-hybridized carbons (Fsp3) is 0.412. The Morgan fingerprint density at radius 3 is 3.14 bits per heavy atom. The minimum atomic E-state index is 0.0822. The lowest BCUT2D eigenvalue weighted by Gasteiger charge is -2.23. The lowest BCUT2D eigenvalue weighted by Crippen LogP contribution is -2.34. The van der Waals surface area contributed by atoms with Gasteiger partial charge in [-0.15, -0.1) is 0 Å². The lowest BCUT2D eigenvalue weighted by atomic mass is 10.0. The van der Waals surface area contributed by atoms with E-state index >= 15 is 0 Å². The van der Waals surface area contributed by atoms with E-state index in [1.807, 2.05) is 24.3 Å². The number of anilines is 1. The second-order valence-electron chi connectivity index (χ2n) is 5.64. The lowest BCUT2D eigenvalue weighted by molar-refractivity contribution is -0.116. The van der Waals surface area contributed by atoms with Crippen LogP contribution in [0.4, 0.5) is 5.69 Å². The summed E-state index contributed by atoms with van der Waals surface area (Å²) >= 11 is 0. The highest BCUT2D eigenvalue weighted by molar-refractivity contribution is 6.01. The molecule has 4 nitrogen and oxygen atoms in total. The number of amides is 1. The average Bonchev–Trinajstić information content (AvgIpc) is 2.54. The summed E-state index contributed by atoms with van der Waals surface area (Å²) < 4.78 is 0. The van der Waals surface area contributed by atoms with Gasteiger partial charge >= 0.3 is 0 Å². The van der Waals surface area contributed by atoms with Crippen LogP contribution in [0.15, 0.2) is 36.7 Å². The second-order valence-corrected chi connectivity index (χ2v) is 5.64. The number of pyridine rings is 1. The maximum atomic E-state index is 12.1. The van der Waals surface area contributed by atoms with Gasteiger partial charge in [-0.05, 0) is 43.3 Å². The van der Waals surface area contributed by atoms with Crippen LogP contribution in [-0.4, -0.2) is 23.5 Å². The number of benzene rings is 1. The predicted molar refractivity (Wildman–Crippen MR) is 85.2 cm³/mol. The van der Waals surface area contributed by atoms with E-state index in [0.717, 1.165) is 29.4 Å². The van der Waals surface area contributed by atoms with E-state index in [4.69, 9.17) is 0 Å². The smallest absolute Gasteiger partial charge is 0.224 e. The summed E-state index contributed by atoms with van der Waals surface area (Å²) in [5, 5.41) is 8.58. The van der Waals surface area contributed by atoms with Gasteiger partial charge in [0, 0.05) is 30.2 Å². The molecule has 1 atom stereocenters. The Labute approximate surface area is 125 Å². The number of rotatable bonds is 4. The Morgan fingerprint density at radius 2 is 2.29 bits per heavy atom. The van der Waals surface area contributed by atoms with Crippen molar-refractivity contribution >= 4 is 22.4 Å². The molecule has 2 heterocycles. The molecular weight excluding hydrogens is 262 g/mol. The molecule has 1 aliphatic heterocycles. The van der Waals surface area contributed by atoms with Crippen LogP contribution in [0.3, 0.4) is 0 Å². The van der Waals surface area contributed by atoms with Gasteiger partial charge in [0.2, 0.25) is 5.91 Å². The summed E-state index contributed by atoms with van der Waals surface area (Å²) in [5.41, 5.74) is 0.849. The first-order valence-electron chi connectivity index (χ1n) is 7.69. The molecule has 0 aliphatic carbocycles. The SMILES string of the molecule is O=C(CCC1CCCCN1)Nc1cccc2ccncc12. The van der Waals surface area contributed by atoms with Gasteiger partial charge in [-0.25, -0.2) is 0 Å². The molecule has 3 rings (SSSR count). The number of aromatic nitrogens is 1. The fourth-order valence-corrected chi connectivity index (χ4v) is 2.91. The first-order chi connectivity index (χ1) is 10.3. The molecule has 21 heavy (non-hydrogen) atoms. The molecule has 2 N–H and O–H groups in total. The van der Waals surface area contributed by atoms with E-state index in [1.165, 1.54) is 19.3 Å². The molecule has 110 valence electrons. The van der Waals surface area contributed by atoms with E-state index in [-0.39, 0.29) is 5.91 Å². The molecule has 2 aromatic rings. The molecule has 1 aromatic carbocycles. The van der Waals surface area contributed by atoms with E-state index in [1.54, 1.807) is 12.4 Å². The van der Waals surface area contributed by atoms with Crippen molar-refractivity contribution in [3.05, 3.63) is 36.7 Å². The second kappa shape index (κ2) is 6.68. The quantitative estimate of drug-likeness (QED) is 0.906. The van der Waals surface area contributed by atoms with Crippen molar-refractivity contribution in [2.24, 2.45) is 0 Å². The van der Waals surface area contributed by atoms with E-state index < -0.39 is 0 Å². The largest absolute Gasteiger partial charge is 0.325 e. The highest BCUT2D eigenvalue weighted by Crippen LogP contribution is 2.22. The van der Waals surface area contributed by atoms with Gasteiger partial charge in [-0.1, -0.05) is 18.6 Å². The predicted octanol–water partition coefficient (Wildman–Crippen LogP) is 3.10. The van der Waals surface area contributed by atoms with Crippen LogP contribution in [0, 0.1) is 0 Å². The topological polar surface area (TPSA) is 54.0 Å². The summed E-state index contributed by atoms with van der Waals surface area (Å²) in [5.74, 6) is 0.0822. The molecule has 0 saturated carbocycles. The number of hydrogen-bond acceptors (Lipinski definition) is 3. The Kier molecular flexibility index (Phi) is 4.46. The monoisotopic (exact) mass is 283 g/mol. The first kappa shape index (κ1) is 14.0. The Balaban J connectivity index is 1.61. The van der Waals surface area contributed by atoms with Crippen molar-refractivity contribution in [3.63, 3.8) is 0 Å². The van der Waals surface area contributed by atoms with Crippen molar-refractivity contribution in [1.29, 1.82) is 0 Å². The van der Waals surface area contributed by atoms with Gasteiger partial charge in [0.25, 0.3) is 0 Å². The van der Waals surface area contributed by atoms with Gasteiger partial charge in [0.05, 0.1) is 5.69 Å². The van der Waals surface area contributed by atoms with Crippen molar-refractivity contribution in [3.8, 4) is 0 Å². The molecule has 0 bridgehead atoms. The molecule has 1 saturated heterocycles. The standard InChI is InChI=1S/C17H21N3O/c21-17(8-7-14-5-1-2-10-19-14)20-16-6-3-4-13-9-11-18-12-15(13)16/h3-4,6,9,11-12,14,19H,1-2,5,7-8,10H2,(H,20,21). The van der Waals surface area contributed by atoms with Crippen LogP contribution in [0.2, 0.25) is 0 Å². The summed E-state index contributed by atoms with van der Waals surface area (Å²) in [4.78, 5) is 16.3. The average molecular weight is 283 g/mol. The first-order valence-corrected chi connectivity index (χ1v) is 7.69. The third-order valence-corrected chi connectivity index (χ3v) is 4.09. The van der Waals surface area contributed by atoms with Gasteiger partial charge in [-0.2, -0.15) is 0 Å². The van der Waals surface area contributed by atoms with Crippen LogP contribution in [0.5, 0.6) is 0 Å². The molecule has 4 heteroatoms. The molecule has 1 amide bonds. The van der Waals surface area contributed by atoms with Crippen LogP contribution < -0.4 is 10.6 Å². The van der Waals surface area contributed by atoms with E-state index in [9.17, 15) is 4.79 Å². The number of fused-ring (bicyclic) bond motifs is 1. The van der Waals surface area contributed by atoms with Crippen molar-refractivity contribution in [1.82, 2.24) is 10.3 Å². The summed E-state index contributed by atoms with van der Waals surface area (Å²) in [6, 6.07) is 8.37. The fourth-order valence-electron chi connectivity index (χ4n) is 2.91. The van der Waals surface area contributed by atoms with Gasteiger partial charge in [0.1, 0.15) is 0 Å². The third-order valence-electron chi connectivity index (χ3n) is 4.09. The van der Waals surface area contributed by atoms with E-state index in [2.05, 4.69) is 15.6 Å². The van der Waals surface area contributed by atoms with Gasteiger partial charge < -0.3 is 10.6 Å². The van der Waals surface area contributed by atoms with Crippen LogP contribution in [0.25, 0.3) is 10.8 Å². The Hall–Kier alpha value is -1.94. The number of hydrogen-bond donors (Lipinski definition) is 2. The highest BCUT2D eigenvalue weighted by atomic mass is 16.1. The van der Waals surface area contributed by atoms with Crippen molar-refractivity contribution in [2.75, 3.05) is 11.9 Å². The molecule has 0 spiro atoms. The minimum absolute atomic E-state index is 0.0822. The summed E-state index contributed by atoms with van der Waals surface area (Å²) in [6.07, 6.45) is 8.75. The zero-order chi connectivity index (χ0) is 14.5. The summed E-state index contributed by atoms with van der Waals surface area (Å²) in [6.45, 7) is 1.08. The Morgan fingerprint density at radius 1 is 1.33 bits per heavy atom. The van der Waals surface area contributed by atoms with Crippen LogP contribution in [-0.2, 0) is 4.79 Å². The number of piperidine rings is 1. The number of carbonyl (C=O) groups is 1. The summed E-state index contributed by atoms with van der Waals surface area (Å²) in [7, 11) is 0. The third kappa shape index (κ3) is 3.58. The number of nitrogens with zero attached hydrogens (tertiary/aromatic N) is 1.